The summed E-state index contributed by atoms with van der Waals surface area (Å²) in [6, 6.07) is 11.7. The van der Waals surface area contributed by atoms with Crippen LogP contribution in [0, 0.1) is 0 Å². The number of hydrogen-bond donors (Lipinski definition) is 1. The Bertz CT molecular complexity index is 710. The molecular weight excluding hydrogens is 320 g/mol. The Kier molecular flexibility index (Phi) is 5.40. The minimum atomic E-state index is -0.314. The van der Waals surface area contributed by atoms with Gasteiger partial charge in [-0.3, -0.25) is 4.90 Å². The molecule has 2 aromatic rings. The quantitative estimate of drug-likeness (QED) is 0.840. The third-order valence-electron chi connectivity index (χ3n) is 4.65. The van der Waals surface area contributed by atoms with Gasteiger partial charge in [-0.1, -0.05) is 0 Å². The second kappa shape index (κ2) is 7.72. The lowest BCUT2D eigenvalue weighted by atomic mass is 10.1. The SMILES string of the molecule is COC(=O)c1ccc(N2CCN(Cc3ccc(CO)o3)C(C)C2)cc1. The van der Waals surface area contributed by atoms with Crippen molar-refractivity contribution in [3.8, 4) is 0 Å². The number of nitrogens with zero attached hydrogens (tertiary/aromatic N) is 2. The van der Waals surface area contributed by atoms with E-state index in [9.17, 15) is 4.79 Å². The first-order valence-electron chi connectivity index (χ1n) is 8.46. The fourth-order valence-electron chi connectivity index (χ4n) is 3.18. The van der Waals surface area contributed by atoms with E-state index < -0.39 is 0 Å². The normalized spacial score (nSPS) is 18.4. The molecule has 25 heavy (non-hydrogen) atoms. The molecule has 0 saturated carbocycles. The Morgan fingerprint density at radius 3 is 2.52 bits per heavy atom. The molecule has 6 heteroatoms. The van der Waals surface area contributed by atoms with E-state index in [4.69, 9.17) is 14.3 Å². The van der Waals surface area contributed by atoms with Gasteiger partial charge in [-0.25, -0.2) is 4.79 Å². The molecule has 0 aliphatic carbocycles. The predicted molar refractivity (Wildman–Crippen MR) is 94.5 cm³/mol. The Hall–Kier alpha value is -2.31. The van der Waals surface area contributed by atoms with Crippen LogP contribution >= 0.6 is 0 Å². The van der Waals surface area contributed by atoms with Crippen LogP contribution in [0.1, 0.15) is 28.8 Å². The van der Waals surface area contributed by atoms with Crippen molar-refractivity contribution < 1.29 is 19.1 Å². The van der Waals surface area contributed by atoms with Gasteiger partial charge in [0, 0.05) is 31.4 Å². The molecule has 0 radical (unpaired) electrons. The fourth-order valence-corrected chi connectivity index (χ4v) is 3.18. The van der Waals surface area contributed by atoms with Gasteiger partial charge in [0.05, 0.1) is 19.2 Å². The van der Waals surface area contributed by atoms with Crippen LogP contribution in [0.2, 0.25) is 0 Å². The largest absolute Gasteiger partial charge is 0.465 e. The van der Waals surface area contributed by atoms with Crippen LogP contribution in [-0.2, 0) is 17.9 Å². The van der Waals surface area contributed by atoms with Gasteiger partial charge in [-0.05, 0) is 43.3 Å². The molecule has 6 nitrogen and oxygen atoms in total. The van der Waals surface area contributed by atoms with Gasteiger partial charge < -0.3 is 19.2 Å². The maximum atomic E-state index is 11.5. The molecule has 1 aliphatic rings. The number of ether oxygens (including phenoxy) is 1. The third kappa shape index (κ3) is 4.03. The standard InChI is InChI=1S/C19H24N2O4/c1-14-11-21(16-5-3-15(4-6-16)19(23)24-2)10-9-20(14)12-17-7-8-18(13-22)25-17/h3-8,14,22H,9-13H2,1-2H3. The Morgan fingerprint density at radius 2 is 1.92 bits per heavy atom. The topological polar surface area (TPSA) is 66.2 Å². The van der Waals surface area contributed by atoms with Crippen LogP contribution < -0.4 is 4.90 Å². The van der Waals surface area contributed by atoms with Crippen molar-refractivity contribution in [2.24, 2.45) is 0 Å². The van der Waals surface area contributed by atoms with Crippen LogP contribution in [0.15, 0.2) is 40.8 Å². The highest BCUT2D eigenvalue weighted by atomic mass is 16.5. The number of esters is 1. The fraction of sp³-hybridized carbons (Fsp3) is 0.421. The summed E-state index contributed by atoms with van der Waals surface area (Å²) in [5.74, 6) is 1.17. The van der Waals surface area contributed by atoms with E-state index in [2.05, 4.69) is 16.7 Å². The van der Waals surface area contributed by atoms with Crippen LogP contribution in [0.3, 0.4) is 0 Å². The first-order chi connectivity index (χ1) is 12.1. The van der Waals surface area contributed by atoms with Crippen LogP contribution in [0.5, 0.6) is 0 Å². The highest BCUT2D eigenvalue weighted by Gasteiger charge is 2.24. The zero-order valence-electron chi connectivity index (χ0n) is 14.6. The molecule has 0 amide bonds. The molecule has 134 valence electrons. The van der Waals surface area contributed by atoms with E-state index in [0.29, 0.717) is 17.4 Å². The molecule has 3 rings (SSSR count). The van der Waals surface area contributed by atoms with Gasteiger partial charge in [0.1, 0.15) is 18.1 Å². The first-order valence-corrected chi connectivity index (χ1v) is 8.46. The Labute approximate surface area is 147 Å². The Morgan fingerprint density at radius 1 is 1.20 bits per heavy atom. The van der Waals surface area contributed by atoms with Crippen molar-refractivity contribution in [3.05, 3.63) is 53.5 Å². The summed E-state index contributed by atoms with van der Waals surface area (Å²) in [5.41, 5.74) is 1.68. The number of methoxy groups -OCH3 is 1. The maximum Gasteiger partial charge on any atom is 0.337 e. The number of hydrogen-bond acceptors (Lipinski definition) is 6. The van der Waals surface area contributed by atoms with E-state index in [0.717, 1.165) is 37.6 Å². The molecule has 1 saturated heterocycles. The van der Waals surface area contributed by atoms with Gasteiger partial charge in [-0.2, -0.15) is 0 Å². The average Bonchev–Trinajstić information content (AvgIpc) is 3.10. The molecule has 1 fully saturated rings. The number of aliphatic hydroxyl groups excluding tert-OH is 1. The van der Waals surface area contributed by atoms with E-state index in [1.54, 1.807) is 12.1 Å². The van der Waals surface area contributed by atoms with Crippen LogP contribution in [0.4, 0.5) is 5.69 Å². The van der Waals surface area contributed by atoms with Crippen molar-refractivity contribution >= 4 is 11.7 Å². The number of furan rings is 1. The molecule has 0 bridgehead atoms. The van der Waals surface area contributed by atoms with Crippen LogP contribution in [0.25, 0.3) is 0 Å². The lowest BCUT2D eigenvalue weighted by Gasteiger charge is -2.40. The summed E-state index contributed by atoms with van der Waals surface area (Å²) in [7, 11) is 1.39. The molecule has 1 atom stereocenters. The van der Waals surface area contributed by atoms with Crippen molar-refractivity contribution in [2.75, 3.05) is 31.6 Å². The predicted octanol–water partition coefficient (Wildman–Crippen LogP) is 2.27. The van der Waals surface area contributed by atoms with Crippen molar-refractivity contribution in [1.29, 1.82) is 0 Å². The number of carbonyl (C=O) groups is 1. The van der Waals surface area contributed by atoms with Crippen LogP contribution in [-0.4, -0.2) is 48.8 Å². The number of carbonyl (C=O) groups excluding carboxylic acids is 1. The second-order valence-electron chi connectivity index (χ2n) is 6.33. The van der Waals surface area contributed by atoms with E-state index in [-0.39, 0.29) is 12.6 Å². The summed E-state index contributed by atoms with van der Waals surface area (Å²) in [6.45, 7) is 5.63. The Balaban J connectivity index is 1.60. The van der Waals surface area contributed by atoms with Gasteiger partial charge >= 0.3 is 5.97 Å². The number of rotatable bonds is 5. The lowest BCUT2D eigenvalue weighted by Crippen LogP contribution is -2.51. The van der Waals surface area contributed by atoms with Crippen molar-refractivity contribution in [3.63, 3.8) is 0 Å². The molecule has 0 spiro atoms. The van der Waals surface area contributed by atoms with E-state index in [1.807, 2.05) is 24.3 Å². The molecule has 1 N–H and O–H groups in total. The third-order valence-corrected chi connectivity index (χ3v) is 4.65. The molecule has 1 aliphatic heterocycles. The minimum absolute atomic E-state index is 0.0646. The molecule has 1 aromatic carbocycles. The van der Waals surface area contributed by atoms with Gasteiger partial charge in [0.15, 0.2) is 0 Å². The summed E-state index contributed by atoms with van der Waals surface area (Å²) in [6.07, 6.45) is 0. The zero-order valence-corrected chi connectivity index (χ0v) is 14.6. The van der Waals surface area contributed by atoms with Gasteiger partial charge in [-0.15, -0.1) is 0 Å². The second-order valence-corrected chi connectivity index (χ2v) is 6.33. The lowest BCUT2D eigenvalue weighted by molar-refractivity contribution is 0.0600. The highest BCUT2D eigenvalue weighted by Crippen LogP contribution is 2.22. The number of benzene rings is 1. The number of piperazine rings is 1. The first kappa shape index (κ1) is 17.5. The smallest absolute Gasteiger partial charge is 0.337 e. The number of anilines is 1. The molecule has 1 unspecified atom stereocenters. The minimum Gasteiger partial charge on any atom is -0.465 e. The summed E-state index contributed by atoms with van der Waals surface area (Å²) in [4.78, 5) is 16.2. The van der Waals surface area contributed by atoms with Gasteiger partial charge in [0.2, 0.25) is 0 Å². The summed E-state index contributed by atoms with van der Waals surface area (Å²) in [5, 5.41) is 9.10. The summed E-state index contributed by atoms with van der Waals surface area (Å²) < 4.78 is 10.3. The van der Waals surface area contributed by atoms with E-state index >= 15 is 0 Å². The molecule has 2 heterocycles. The average molecular weight is 344 g/mol. The molecule has 1 aromatic heterocycles. The zero-order chi connectivity index (χ0) is 17.8. The maximum absolute atomic E-state index is 11.5. The number of aliphatic hydroxyl groups is 1. The van der Waals surface area contributed by atoms with E-state index in [1.165, 1.54) is 7.11 Å². The van der Waals surface area contributed by atoms with Gasteiger partial charge in [0.25, 0.3) is 0 Å². The summed E-state index contributed by atoms with van der Waals surface area (Å²) >= 11 is 0. The monoisotopic (exact) mass is 344 g/mol. The van der Waals surface area contributed by atoms with Crippen molar-refractivity contribution in [2.45, 2.75) is 26.1 Å². The van der Waals surface area contributed by atoms with Crippen molar-refractivity contribution in [1.82, 2.24) is 4.90 Å². The highest BCUT2D eigenvalue weighted by molar-refractivity contribution is 5.89. The molecular formula is C19H24N2O4.